The van der Waals surface area contributed by atoms with Gasteiger partial charge in [0.15, 0.2) is 0 Å². The van der Waals surface area contributed by atoms with Crippen molar-refractivity contribution in [2.24, 2.45) is 5.10 Å². The Bertz CT molecular complexity index is 1170. The molecule has 0 fully saturated rings. The number of nitrogens with zero attached hydrogens (tertiary/aromatic N) is 1. The van der Waals surface area contributed by atoms with Crippen molar-refractivity contribution >= 4 is 35.3 Å². The first-order valence-electron chi connectivity index (χ1n) is 10.4. The van der Waals surface area contributed by atoms with Crippen LogP contribution in [0.1, 0.15) is 22.8 Å². The largest absolute Gasteiger partial charge is 0.497 e. The summed E-state index contributed by atoms with van der Waals surface area (Å²) < 4.78 is 10.5. The predicted octanol–water partition coefficient (Wildman–Crippen LogP) is 3.44. The Balaban J connectivity index is 1.60. The summed E-state index contributed by atoms with van der Waals surface area (Å²) in [5, 5.41) is 8.97. The van der Waals surface area contributed by atoms with Crippen LogP contribution in [0.3, 0.4) is 0 Å². The number of anilines is 2. The molecule has 3 N–H and O–H groups in total. The molecule has 9 nitrogen and oxygen atoms in total. The quantitative estimate of drug-likeness (QED) is 0.270. The molecule has 3 amide bonds. The number of ether oxygens (including phenoxy) is 2. The normalized spacial score (nSPS) is 10.4. The fourth-order valence-electron chi connectivity index (χ4n) is 2.87. The summed E-state index contributed by atoms with van der Waals surface area (Å²) in [6.45, 7) is 2.42. The minimum Gasteiger partial charge on any atom is -0.497 e. The molecule has 0 unspecified atom stereocenters. The summed E-state index contributed by atoms with van der Waals surface area (Å²) >= 11 is 0. The Kier molecular flexibility index (Phi) is 8.34. The molecule has 0 aromatic heterocycles. The van der Waals surface area contributed by atoms with E-state index in [1.807, 2.05) is 6.92 Å². The number of hydrazone groups is 1. The maximum Gasteiger partial charge on any atom is 0.329 e. The minimum absolute atomic E-state index is 0.185. The first-order chi connectivity index (χ1) is 16.5. The highest BCUT2D eigenvalue weighted by molar-refractivity contribution is 6.40. The average molecular weight is 460 g/mol. The van der Waals surface area contributed by atoms with Crippen molar-refractivity contribution in [1.29, 1.82) is 0 Å². The molecular formula is C25H24N4O5. The van der Waals surface area contributed by atoms with Gasteiger partial charge in [-0.1, -0.05) is 12.1 Å². The van der Waals surface area contributed by atoms with Gasteiger partial charge in [0, 0.05) is 5.69 Å². The zero-order valence-electron chi connectivity index (χ0n) is 18.7. The van der Waals surface area contributed by atoms with Gasteiger partial charge < -0.3 is 20.1 Å². The molecule has 0 aliphatic heterocycles. The van der Waals surface area contributed by atoms with Gasteiger partial charge in [0.05, 0.1) is 31.2 Å². The SMILES string of the molecule is CCOc1ccc(NC(=O)c2ccccc2NC(=O)C(=O)NN=Cc2ccc(OC)cc2)cc1. The molecule has 0 bridgehead atoms. The maximum atomic E-state index is 12.7. The Morgan fingerprint density at radius 2 is 1.53 bits per heavy atom. The van der Waals surface area contributed by atoms with Gasteiger partial charge in [0.1, 0.15) is 11.5 Å². The molecule has 0 aliphatic rings. The van der Waals surface area contributed by atoms with Crippen LogP contribution in [0.25, 0.3) is 0 Å². The molecule has 3 rings (SSSR count). The van der Waals surface area contributed by atoms with Crippen molar-refractivity contribution in [1.82, 2.24) is 5.43 Å². The zero-order chi connectivity index (χ0) is 24.3. The average Bonchev–Trinajstić information content (AvgIpc) is 2.86. The fourth-order valence-corrected chi connectivity index (χ4v) is 2.87. The van der Waals surface area contributed by atoms with Crippen LogP contribution in [0.5, 0.6) is 11.5 Å². The molecule has 0 atom stereocenters. The standard InChI is InChI=1S/C25H24N4O5/c1-3-34-20-14-10-18(11-15-20)27-23(30)21-6-4-5-7-22(21)28-24(31)25(32)29-26-16-17-8-12-19(33-2)13-9-17/h4-16H,3H2,1-2H3,(H,27,30)(H,28,31)(H,29,32). The molecule has 3 aromatic rings. The van der Waals surface area contributed by atoms with Crippen molar-refractivity contribution in [3.05, 3.63) is 83.9 Å². The molecule has 0 heterocycles. The van der Waals surface area contributed by atoms with E-state index in [4.69, 9.17) is 9.47 Å². The van der Waals surface area contributed by atoms with E-state index >= 15 is 0 Å². The molecule has 174 valence electrons. The molecule has 9 heteroatoms. The number of carbonyl (C=O) groups is 3. The van der Waals surface area contributed by atoms with E-state index in [-0.39, 0.29) is 11.3 Å². The van der Waals surface area contributed by atoms with Crippen LogP contribution in [0.2, 0.25) is 0 Å². The Morgan fingerprint density at radius 1 is 0.853 bits per heavy atom. The second-order valence-corrected chi connectivity index (χ2v) is 6.88. The maximum absolute atomic E-state index is 12.7. The van der Waals surface area contributed by atoms with E-state index < -0.39 is 17.7 Å². The van der Waals surface area contributed by atoms with Crippen molar-refractivity contribution in [3.8, 4) is 11.5 Å². The lowest BCUT2D eigenvalue weighted by Crippen LogP contribution is -2.33. The molecule has 0 saturated heterocycles. The number of amides is 3. The van der Waals surface area contributed by atoms with Gasteiger partial charge in [-0.15, -0.1) is 0 Å². The number of hydrogen-bond donors (Lipinski definition) is 3. The van der Waals surface area contributed by atoms with Crippen molar-refractivity contribution < 1.29 is 23.9 Å². The van der Waals surface area contributed by atoms with E-state index in [9.17, 15) is 14.4 Å². The molecule has 0 radical (unpaired) electrons. The van der Waals surface area contributed by atoms with E-state index in [0.717, 1.165) is 0 Å². The van der Waals surface area contributed by atoms with Crippen LogP contribution in [0, 0.1) is 0 Å². The molecule has 34 heavy (non-hydrogen) atoms. The smallest absolute Gasteiger partial charge is 0.329 e. The van der Waals surface area contributed by atoms with Crippen LogP contribution >= 0.6 is 0 Å². The van der Waals surface area contributed by atoms with Crippen LogP contribution < -0.4 is 25.5 Å². The van der Waals surface area contributed by atoms with E-state index in [2.05, 4.69) is 21.2 Å². The van der Waals surface area contributed by atoms with Crippen LogP contribution in [0.15, 0.2) is 77.9 Å². The third-order valence-corrected chi connectivity index (χ3v) is 4.54. The van der Waals surface area contributed by atoms with Crippen molar-refractivity contribution in [3.63, 3.8) is 0 Å². The first kappa shape index (κ1) is 24.0. The number of hydrogen-bond acceptors (Lipinski definition) is 6. The van der Waals surface area contributed by atoms with Gasteiger partial charge in [0.25, 0.3) is 5.91 Å². The van der Waals surface area contributed by atoms with Gasteiger partial charge in [-0.2, -0.15) is 5.10 Å². The number of nitrogens with one attached hydrogen (secondary N) is 3. The molecule has 3 aromatic carbocycles. The number of benzene rings is 3. The molecule has 0 spiro atoms. The van der Waals surface area contributed by atoms with E-state index in [1.54, 1.807) is 73.8 Å². The highest BCUT2D eigenvalue weighted by Gasteiger charge is 2.17. The summed E-state index contributed by atoms with van der Waals surface area (Å²) in [5.41, 5.74) is 3.80. The summed E-state index contributed by atoms with van der Waals surface area (Å²) in [7, 11) is 1.56. The Labute approximate surface area is 196 Å². The number of para-hydroxylation sites is 1. The summed E-state index contributed by atoms with van der Waals surface area (Å²) in [6.07, 6.45) is 1.39. The lowest BCUT2D eigenvalue weighted by atomic mass is 10.1. The number of rotatable bonds is 8. The van der Waals surface area contributed by atoms with Gasteiger partial charge in [-0.3, -0.25) is 14.4 Å². The molecule has 0 aliphatic carbocycles. The zero-order valence-corrected chi connectivity index (χ0v) is 18.7. The van der Waals surface area contributed by atoms with Gasteiger partial charge >= 0.3 is 11.8 Å². The van der Waals surface area contributed by atoms with Gasteiger partial charge in [-0.25, -0.2) is 5.43 Å². The minimum atomic E-state index is -0.980. The molecule has 0 saturated carbocycles. The highest BCUT2D eigenvalue weighted by atomic mass is 16.5. The molecular weight excluding hydrogens is 436 g/mol. The van der Waals surface area contributed by atoms with Crippen LogP contribution in [-0.4, -0.2) is 37.7 Å². The van der Waals surface area contributed by atoms with Gasteiger partial charge in [-0.05, 0) is 73.2 Å². The monoisotopic (exact) mass is 460 g/mol. The second kappa shape index (κ2) is 11.8. The van der Waals surface area contributed by atoms with E-state index in [0.29, 0.717) is 29.4 Å². The third-order valence-electron chi connectivity index (χ3n) is 4.54. The predicted molar refractivity (Wildman–Crippen MR) is 129 cm³/mol. The lowest BCUT2D eigenvalue weighted by molar-refractivity contribution is -0.136. The second-order valence-electron chi connectivity index (χ2n) is 6.88. The van der Waals surface area contributed by atoms with Crippen LogP contribution in [0.4, 0.5) is 11.4 Å². The number of methoxy groups -OCH3 is 1. The van der Waals surface area contributed by atoms with Crippen LogP contribution in [-0.2, 0) is 9.59 Å². The summed E-state index contributed by atoms with van der Waals surface area (Å²) in [4.78, 5) is 37.2. The first-order valence-corrected chi connectivity index (χ1v) is 10.4. The number of carbonyl (C=O) groups excluding carboxylic acids is 3. The summed E-state index contributed by atoms with van der Waals surface area (Å²) in [6, 6.07) is 20.2. The lowest BCUT2D eigenvalue weighted by Gasteiger charge is -2.11. The van der Waals surface area contributed by atoms with Gasteiger partial charge in [0.2, 0.25) is 0 Å². The van der Waals surface area contributed by atoms with Crippen molar-refractivity contribution in [2.75, 3.05) is 24.4 Å². The fraction of sp³-hybridized carbons (Fsp3) is 0.120. The summed E-state index contributed by atoms with van der Waals surface area (Å²) in [5.74, 6) is -1.02. The Hall–Kier alpha value is -4.66. The van der Waals surface area contributed by atoms with E-state index in [1.165, 1.54) is 12.3 Å². The van der Waals surface area contributed by atoms with Crippen molar-refractivity contribution in [2.45, 2.75) is 6.92 Å². The third kappa shape index (κ3) is 6.67. The topological polar surface area (TPSA) is 118 Å². The highest BCUT2D eigenvalue weighted by Crippen LogP contribution is 2.20. The Morgan fingerprint density at radius 3 is 2.21 bits per heavy atom.